The van der Waals surface area contributed by atoms with Crippen molar-refractivity contribution in [2.45, 2.75) is 30.3 Å². The first-order chi connectivity index (χ1) is 8.01. The van der Waals surface area contributed by atoms with Gasteiger partial charge in [-0.1, -0.05) is 0 Å². The fourth-order valence-corrected chi connectivity index (χ4v) is 3.46. The molecule has 1 fully saturated rings. The van der Waals surface area contributed by atoms with E-state index in [9.17, 15) is 12.8 Å². The van der Waals surface area contributed by atoms with Crippen LogP contribution in [0.25, 0.3) is 0 Å². The molecule has 1 aromatic rings. The van der Waals surface area contributed by atoms with Gasteiger partial charge in [-0.3, -0.25) is 4.98 Å². The van der Waals surface area contributed by atoms with E-state index >= 15 is 0 Å². The van der Waals surface area contributed by atoms with Crippen molar-refractivity contribution in [3.05, 3.63) is 24.3 Å². The number of hydrogen-bond donors (Lipinski definition) is 1. The highest BCUT2D eigenvalue weighted by Gasteiger charge is 2.31. The minimum atomic E-state index is -3.73. The Bertz CT molecular complexity index is 506. The van der Waals surface area contributed by atoms with Crippen LogP contribution in [-0.2, 0) is 10.0 Å². The molecular weight excluding hydrogens is 245 g/mol. The molecule has 2 N–H and O–H groups in total. The lowest BCUT2D eigenvalue weighted by Crippen LogP contribution is -2.48. The summed E-state index contributed by atoms with van der Waals surface area (Å²) in [5, 5.41) is 0. The molecule has 17 heavy (non-hydrogen) atoms. The quantitative estimate of drug-likeness (QED) is 0.847. The molecule has 2 heterocycles. The molecule has 1 aromatic heterocycles. The van der Waals surface area contributed by atoms with Crippen LogP contribution in [0.3, 0.4) is 0 Å². The molecule has 94 valence electrons. The molecule has 1 aliphatic heterocycles. The molecule has 0 aliphatic carbocycles. The highest BCUT2D eigenvalue weighted by Crippen LogP contribution is 2.22. The van der Waals surface area contributed by atoms with Gasteiger partial charge in [0.25, 0.3) is 0 Å². The monoisotopic (exact) mass is 259 g/mol. The van der Waals surface area contributed by atoms with Crippen LogP contribution in [0.4, 0.5) is 4.39 Å². The molecule has 1 saturated heterocycles. The molecule has 0 bridgehead atoms. The zero-order valence-corrected chi connectivity index (χ0v) is 10.0. The van der Waals surface area contributed by atoms with Gasteiger partial charge in [-0.05, 0) is 25.3 Å². The summed E-state index contributed by atoms with van der Waals surface area (Å²) in [6.45, 7) is 0.375. The number of hydrogen-bond acceptors (Lipinski definition) is 4. The smallest absolute Gasteiger partial charge is 0.246 e. The van der Waals surface area contributed by atoms with Gasteiger partial charge in [0.05, 0.1) is 12.4 Å². The van der Waals surface area contributed by atoms with Crippen LogP contribution in [-0.4, -0.2) is 30.4 Å². The third-order valence-corrected chi connectivity index (χ3v) is 4.67. The number of piperidine rings is 1. The summed E-state index contributed by atoms with van der Waals surface area (Å²) >= 11 is 0. The number of sulfonamides is 1. The van der Waals surface area contributed by atoms with Gasteiger partial charge in [0.2, 0.25) is 10.0 Å². The fraction of sp³-hybridized carbons (Fsp3) is 0.500. The Morgan fingerprint density at radius 1 is 1.41 bits per heavy atom. The average molecular weight is 259 g/mol. The summed E-state index contributed by atoms with van der Waals surface area (Å²) < 4.78 is 38.6. The van der Waals surface area contributed by atoms with Crippen LogP contribution < -0.4 is 5.73 Å². The number of aromatic nitrogens is 1. The lowest BCUT2D eigenvalue weighted by atomic mass is 10.1. The summed E-state index contributed by atoms with van der Waals surface area (Å²) in [5.74, 6) is -0.670. The van der Waals surface area contributed by atoms with Crippen molar-refractivity contribution in [2.75, 3.05) is 6.54 Å². The Labute approximate surface area is 99.5 Å². The lowest BCUT2D eigenvalue weighted by Gasteiger charge is -2.31. The van der Waals surface area contributed by atoms with E-state index in [-0.39, 0.29) is 4.90 Å². The van der Waals surface area contributed by atoms with Crippen molar-refractivity contribution in [1.29, 1.82) is 0 Å². The average Bonchev–Trinajstić information content (AvgIpc) is 2.29. The molecule has 0 unspecified atom stereocenters. The molecule has 0 radical (unpaired) electrons. The van der Waals surface area contributed by atoms with E-state index in [0.29, 0.717) is 13.0 Å². The van der Waals surface area contributed by atoms with Crippen molar-refractivity contribution in [3.63, 3.8) is 0 Å². The molecule has 7 heteroatoms. The maximum absolute atomic E-state index is 13.0. The number of nitrogens with two attached hydrogens (primary N) is 1. The van der Waals surface area contributed by atoms with Crippen molar-refractivity contribution in [1.82, 2.24) is 9.29 Å². The minimum Gasteiger partial charge on any atom is -0.315 e. The molecule has 0 amide bonds. The maximum atomic E-state index is 13.0. The van der Waals surface area contributed by atoms with Gasteiger partial charge in [0, 0.05) is 12.7 Å². The number of rotatable bonds is 2. The Kier molecular flexibility index (Phi) is 3.41. The number of halogens is 1. The van der Waals surface area contributed by atoms with E-state index in [4.69, 9.17) is 5.73 Å². The van der Waals surface area contributed by atoms with Gasteiger partial charge < -0.3 is 5.73 Å². The standard InChI is InChI=1S/C10H14FN3O2S/c11-8-5-9(7-13-6-8)17(15,16)14-4-2-1-3-10(14)12/h5-7,10H,1-4,12H2/t10-/m1/s1. The Balaban J connectivity index is 2.35. The zero-order chi connectivity index (χ0) is 12.5. The van der Waals surface area contributed by atoms with Gasteiger partial charge >= 0.3 is 0 Å². The van der Waals surface area contributed by atoms with Gasteiger partial charge in [-0.15, -0.1) is 0 Å². The Morgan fingerprint density at radius 3 is 2.82 bits per heavy atom. The molecule has 0 spiro atoms. The second-order valence-corrected chi connectivity index (χ2v) is 5.91. The second kappa shape index (κ2) is 4.67. The van der Waals surface area contributed by atoms with E-state index in [1.165, 1.54) is 4.31 Å². The Morgan fingerprint density at radius 2 is 2.18 bits per heavy atom. The first-order valence-electron chi connectivity index (χ1n) is 5.40. The van der Waals surface area contributed by atoms with Crippen molar-refractivity contribution in [2.24, 2.45) is 5.73 Å². The minimum absolute atomic E-state index is 0.144. The Hall–Kier alpha value is -1.05. The van der Waals surface area contributed by atoms with Gasteiger partial charge in [0.1, 0.15) is 10.7 Å². The van der Waals surface area contributed by atoms with Crippen molar-refractivity contribution < 1.29 is 12.8 Å². The molecule has 1 aliphatic rings. The topological polar surface area (TPSA) is 76.3 Å². The molecular formula is C10H14FN3O2S. The van der Waals surface area contributed by atoms with E-state index in [2.05, 4.69) is 4.98 Å². The third-order valence-electron chi connectivity index (χ3n) is 2.78. The van der Waals surface area contributed by atoms with E-state index in [1.807, 2.05) is 0 Å². The summed E-state index contributed by atoms with van der Waals surface area (Å²) in [5.41, 5.74) is 5.77. The number of nitrogens with zero attached hydrogens (tertiary/aromatic N) is 2. The van der Waals surface area contributed by atoms with Crippen LogP contribution in [0, 0.1) is 5.82 Å². The van der Waals surface area contributed by atoms with Gasteiger partial charge in [0.15, 0.2) is 0 Å². The summed E-state index contributed by atoms with van der Waals surface area (Å²) in [4.78, 5) is 3.41. The van der Waals surface area contributed by atoms with E-state index in [1.54, 1.807) is 0 Å². The van der Waals surface area contributed by atoms with Crippen LogP contribution in [0.2, 0.25) is 0 Å². The molecule has 1 atom stereocenters. The third kappa shape index (κ3) is 2.46. The van der Waals surface area contributed by atoms with Gasteiger partial charge in [-0.2, -0.15) is 4.31 Å². The molecule has 2 rings (SSSR count). The summed E-state index contributed by atoms with van der Waals surface area (Å²) in [7, 11) is -3.73. The van der Waals surface area contributed by atoms with Crippen LogP contribution in [0.1, 0.15) is 19.3 Å². The number of pyridine rings is 1. The predicted octanol–water partition coefficient (Wildman–Crippen LogP) is 0.680. The second-order valence-electron chi connectivity index (χ2n) is 4.02. The highest BCUT2D eigenvalue weighted by atomic mass is 32.2. The van der Waals surface area contributed by atoms with E-state index < -0.39 is 22.0 Å². The van der Waals surface area contributed by atoms with E-state index in [0.717, 1.165) is 31.3 Å². The predicted molar refractivity (Wildman–Crippen MR) is 59.9 cm³/mol. The first-order valence-corrected chi connectivity index (χ1v) is 6.84. The SMILES string of the molecule is N[C@H]1CCCCN1S(=O)(=O)c1cncc(F)c1. The van der Waals surface area contributed by atoms with Crippen molar-refractivity contribution in [3.8, 4) is 0 Å². The van der Waals surface area contributed by atoms with Crippen LogP contribution in [0.5, 0.6) is 0 Å². The zero-order valence-electron chi connectivity index (χ0n) is 9.21. The maximum Gasteiger partial charge on any atom is 0.246 e. The highest BCUT2D eigenvalue weighted by molar-refractivity contribution is 7.89. The summed E-state index contributed by atoms with van der Waals surface area (Å²) in [6, 6.07) is 0.962. The van der Waals surface area contributed by atoms with Crippen molar-refractivity contribution >= 4 is 10.0 Å². The molecule has 0 saturated carbocycles. The van der Waals surface area contributed by atoms with Crippen LogP contribution >= 0.6 is 0 Å². The van der Waals surface area contributed by atoms with Gasteiger partial charge in [-0.25, -0.2) is 12.8 Å². The normalized spacial score (nSPS) is 22.6. The van der Waals surface area contributed by atoms with Crippen LogP contribution in [0.15, 0.2) is 23.4 Å². The molecule has 0 aromatic carbocycles. The fourth-order valence-electron chi connectivity index (χ4n) is 1.90. The molecule has 5 nitrogen and oxygen atoms in total. The lowest BCUT2D eigenvalue weighted by molar-refractivity contribution is 0.258. The first kappa shape index (κ1) is 12.4. The largest absolute Gasteiger partial charge is 0.315 e. The summed E-state index contributed by atoms with van der Waals surface area (Å²) in [6.07, 6.45) is 3.89.